The molecule has 1 saturated heterocycles. The maximum Gasteiger partial charge on any atom is 0.351 e. The van der Waals surface area contributed by atoms with Crippen LogP contribution in [0.3, 0.4) is 0 Å². The molecule has 0 radical (unpaired) electrons. The van der Waals surface area contributed by atoms with E-state index in [1.54, 1.807) is 6.92 Å². The van der Waals surface area contributed by atoms with Gasteiger partial charge < -0.3 is 20.7 Å². The third kappa shape index (κ3) is 2.05. The Bertz CT molecular complexity index is 544. The number of hydrogen-bond acceptors (Lipinski definition) is 6. The van der Waals surface area contributed by atoms with E-state index in [0.29, 0.717) is 0 Å². The zero-order valence-electron chi connectivity index (χ0n) is 10.6. The van der Waals surface area contributed by atoms with Gasteiger partial charge in [0.15, 0.2) is 0 Å². The Morgan fingerprint density at radius 2 is 2.42 bits per heavy atom. The van der Waals surface area contributed by atoms with Crippen LogP contribution < -0.4 is 11.4 Å². The van der Waals surface area contributed by atoms with Gasteiger partial charge in [-0.05, 0) is 6.07 Å². The summed E-state index contributed by atoms with van der Waals surface area (Å²) in [6.07, 6.45) is 1.10. The Hall–Kier alpha value is -1.70. The van der Waals surface area contributed by atoms with Crippen molar-refractivity contribution in [2.75, 3.05) is 12.3 Å². The van der Waals surface area contributed by atoms with Gasteiger partial charge in [0.2, 0.25) is 0 Å². The second kappa shape index (κ2) is 4.76. The first-order valence-electron chi connectivity index (χ1n) is 5.90. The Morgan fingerprint density at radius 3 is 2.89 bits per heavy atom. The van der Waals surface area contributed by atoms with E-state index in [2.05, 4.69) is 11.6 Å². The van der Waals surface area contributed by atoms with Crippen molar-refractivity contribution in [3.05, 3.63) is 35.4 Å². The normalized spacial score (nSPS) is 34.4. The average Bonchev–Trinajstić information content (AvgIpc) is 2.64. The second-order valence-electron chi connectivity index (χ2n) is 4.67. The quantitative estimate of drug-likeness (QED) is 0.623. The van der Waals surface area contributed by atoms with Crippen LogP contribution in [0.4, 0.5) is 5.82 Å². The third-order valence-electron chi connectivity index (χ3n) is 3.51. The topological polar surface area (TPSA) is 111 Å². The van der Waals surface area contributed by atoms with Gasteiger partial charge in [0.1, 0.15) is 17.6 Å². The molecule has 0 aliphatic carbocycles. The number of rotatable bonds is 3. The maximum absolute atomic E-state index is 11.8. The van der Waals surface area contributed by atoms with Crippen LogP contribution in [0, 0.1) is 5.92 Å². The fraction of sp³-hybridized carbons (Fsp3) is 0.500. The predicted molar refractivity (Wildman–Crippen MR) is 68.2 cm³/mol. The van der Waals surface area contributed by atoms with E-state index in [4.69, 9.17) is 10.5 Å². The summed E-state index contributed by atoms with van der Waals surface area (Å²) in [5.41, 5.74) is 3.58. The Morgan fingerprint density at radius 1 is 1.74 bits per heavy atom. The molecule has 0 bridgehead atoms. The molecule has 4 N–H and O–H groups in total. The minimum absolute atomic E-state index is 0.115. The van der Waals surface area contributed by atoms with Crippen molar-refractivity contribution in [2.24, 2.45) is 5.92 Å². The van der Waals surface area contributed by atoms with Crippen LogP contribution in [-0.4, -0.2) is 38.1 Å². The van der Waals surface area contributed by atoms with Gasteiger partial charge >= 0.3 is 5.69 Å². The predicted octanol–water partition coefficient (Wildman–Crippen LogP) is -0.732. The van der Waals surface area contributed by atoms with Gasteiger partial charge in [-0.15, -0.1) is 6.58 Å². The van der Waals surface area contributed by atoms with Gasteiger partial charge in [-0.2, -0.15) is 4.98 Å². The van der Waals surface area contributed by atoms with Gasteiger partial charge in [-0.1, -0.05) is 13.0 Å². The lowest BCUT2D eigenvalue weighted by molar-refractivity contribution is -0.0978. The number of aromatic nitrogens is 2. The lowest BCUT2D eigenvalue weighted by atomic mass is 9.91. The lowest BCUT2D eigenvalue weighted by Crippen LogP contribution is -2.42. The van der Waals surface area contributed by atoms with Crippen molar-refractivity contribution in [1.29, 1.82) is 0 Å². The lowest BCUT2D eigenvalue weighted by Gasteiger charge is -2.26. The summed E-state index contributed by atoms with van der Waals surface area (Å²) in [7, 11) is 0. The standard InChI is InChI=1S/C12H17N3O4/c1-3-12(6-16)9(17)7(2)10(19-12)15-5-4-8(13)14-11(15)18/h3-5,7,9-10,16-17H,1,6H2,2H3,(H2,13,14,18)/t7?,9?,10-,12-/m1/s1. The van der Waals surface area contributed by atoms with Crippen molar-refractivity contribution < 1.29 is 14.9 Å². The Labute approximate surface area is 110 Å². The van der Waals surface area contributed by atoms with Crippen LogP contribution in [0.25, 0.3) is 0 Å². The van der Waals surface area contributed by atoms with Crippen molar-refractivity contribution >= 4 is 5.82 Å². The zero-order valence-corrected chi connectivity index (χ0v) is 10.6. The molecule has 1 aliphatic rings. The van der Waals surface area contributed by atoms with Crippen LogP contribution >= 0.6 is 0 Å². The van der Waals surface area contributed by atoms with Crippen molar-refractivity contribution in [2.45, 2.75) is 24.9 Å². The molecule has 0 aromatic carbocycles. The van der Waals surface area contributed by atoms with Gasteiger partial charge in [-0.25, -0.2) is 4.79 Å². The number of anilines is 1. The van der Waals surface area contributed by atoms with Crippen LogP contribution in [0.5, 0.6) is 0 Å². The molecule has 19 heavy (non-hydrogen) atoms. The molecule has 2 heterocycles. The minimum atomic E-state index is -1.27. The number of aliphatic hydroxyl groups excluding tert-OH is 2. The molecule has 0 saturated carbocycles. The molecule has 1 fully saturated rings. The van der Waals surface area contributed by atoms with E-state index in [-0.39, 0.29) is 5.82 Å². The van der Waals surface area contributed by atoms with Crippen LogP contribution in [0.2, 0.25) is 0 Å². The molecule has 1 aromatic heterocycles. The molecular formula is C12H17N3O4. The molecule has 7 nitrogen and oxygen atoms in total. The SMILES string of the molecule is C=C[C@]1(CO)O[C@@H](n2ccc(N)nc2=O)C(C)C1O. The van der Waals surface area contributed by atoms with E-state index < -0.39 is 36.1 Å². The maximum atomic E-state index is 11.8. The summed E-state index contributed by atoms with van der Waals surface area (Å²) in [5.74, 6) is -0.294. The molecule has 2 rings (SSSR count). The average molecular weight is 267 g/mol. The zero-order chi connectivity index (χ0) is 14.2. The summed E-state index contributed by atoms with van der Waals surface area (Å²) >= 11 is 0. The second-order valence-corrected chi connectivity index (χ2v) is 4.67. The van der Waals surface area contributed by atoms with E-state index in [9.17, 15) is 15.0 Å². The molecule has 7 heteroatoms. The first kappa shape index (κ1) is 13.7. The summed E-state index contributed by atoms with van der Waals surface area (Å²) in [5, 5.41) is 19.6. The van der Waals surface area contributed by atoms with E-state index >= 15 is 0 Å². The molecular weight excluding hydrogens is 250 g/mol. The highest BCUT2D eigenvalue weighted by Gasteiger charge is 2.51. The van der Waals surface area contributed by atoms with Gasteiger partial charge in [-0.3, -0.25) is 4.57 Å². The van der Waals surface area contributed by atoms with Crippen molar-refractivity contribution in [1.82, 2.24) is 9.55 Å². The highest BCUT2D eigenvalue weighted by Crippen LogP contribution is 2.41. The first-order valence-corrected chi connectivity index (χ1v) is 5.90. The summed E-state index contributed by atoms with van der Waals surface area (Å²) in [6, 6.07) is 1.47. The summed E-state index contributed by atoms with van der Waals surface area (Å²) < 4.78 is 6.88. The van der Waals surface area contributed by atoms with Crippen LogP contribution in [0.1, 0.15) is 13.2 Å². The van der Waals surface area contributed by atoms with Crippen molar-refractivity contribution in [3.63, 3.8) is 0 Å². The molecule has 4 atom stereocenters. The van der Waals surface area contributed by atoms with E-state index in [1.807, 2.05) is 0 Å². The molecule has 1 aromatic rings. The molecule has 1 aliphatic heterocycles. The smallest absolute Gasteiger partial charge is 0.351 e. The van der Waals surface area contributed by atoms with Crippen molar-refractivity contribution in [3.8, 4) is 0 Å². The Balaban J connectivity index is 2.42. The van der Waals surface area contributed by atoms with Gasteiger partial charge in [0.05, 0.1) is 12.7 Å². The summed E-state index contributed by atoms with van der Waals surface area (Å²) in [4.78, 5) is 15.4. The molecule has 2 unspecified atom stereocenters. The first-order chi connectivity index (χ1) is 8.95. The van der Waals surface area contributed by atoms with E-state index in [0.717, 1.165) is 0 Å². The molecule has 0 amide bonds. The number of aliphatic hydroxyl groups is 2. The number of nitrogens with two attached hydrogens (primary N) is 1. The highest BCUT2D eigenvalue weighted by molar-refractivity contribution is 5.23. The monoisotopic (exact) mass is 267 g/mol. The van der Waals surface area contributed by atoms with Crippen LogP contribution in [0.15, 0.2) is 29.7 Å². The van der Waals surface area contributed by atoms with Gasteiger partial charge in [0.25, 0.3) is 0 Å². The summed E-state index contributed by atoms with van der Waals surface area (Å²) in [6.45, 7) is 4.87. The van der Waals surface area contributed by atoms with Gasteiger partial charge in [0, 0.05) is 12.1 Å². The fourth-order valence-electron chi connectivity index (χ4n) is 2.30. The number of nitrogen functional groups attached to an aromatic ring is 1. The molecule has 0 spiro atoms. The fourth-order valence-corrected chi connectivity index (χ4v) is 2.30. The van der Waals surface area contributed by atoms with Crippen LogP contribution in [-0.2, 0) is 4.74 Å². The number of ether oxygens (including phenoxy) is 1. The number of nitrogens with zero attached hydrogens (tertiary/aromatic N) is 2. The minimum Gasteiger partial charge on any atom is -0.393 e. The highest BCUT2D eigenvalue weighted by atomic mass is 16.6. The third-order valence-corrected chi connectivity index (χ3v) is 3.51. The largest absolute Gasteiger partial charge is 0.393 e. The molecule has 104 valence electrons. The Kier molecular flexibility index (Phi) is 3.44. The number of hydrogen-bond donors (Lipinski definition) is 3. The van der Waals surface area contributed by atoms with E-state index in [1.165, 1.54) is 22.9 Å².